The summed E-state index contributed by atoms with van der Waals surface area (Å²) in [7, 11) is -3.42. The quantitative estimate of drug-likeness (QED) is 0.720. The summed E-state index contributed by atoms with van der Waals surface area (Å²) in [5, 5.41) is 10.2. The Morgan fingerprint density at radius 2 is 2.00 bits per heavy atom. The van der Waals surface area contributed by atoms with E-state index in [1.165, 1.54) is 0 Å². The number of aliphatic hydroxyl groups excluding tert-OH is 1. The van der Waals surface area contributed by atoms with Gasteiger partial charge in [0.05, 0.1) is 30.6 Å². The minimum Gasteiger partial charge on any atom is -0.389 e. The number of piperidine rings is 1. The van der Waals surface area contributed by atoms with Crippen LogP contribution >= 0.6 is 0 Å². The first kappa shape index (κ1) is 18.0. The van der Waals surface area contributed by atoms with E-state index < -0.39 is 34.2 Å². The van der Waals surface area contributed by atoms with Gasteiger partial charge in [0.2, 0.25) is 10.0 Å². The highest BCUT2D eigenvalue weighted by Crippen LogP contribution is 2.28. The first-order chi connectivity index (χ1) is 10.2. The summed E-state index contributed by atoms with van der Waals surface area (Å²) in [5.41, 5.74) is 0. The van der Waals surface area contributed by atoms with Gasteiger partial charge in [0.25, 0.3) is 5.92 Å². The number of nitrogens with one attached hydrogen (secondary N) is 1. The Labute approximate surface area is 129 Å². The van der Waals surface area contributed by atoms with Crippen LogP contribution in [0.25, 0.3) is 0 Å². The molecule has 0 bridgehead atoms. The molecule has 0 aromatic rings. The Balaban J connectivity index is 1.83. The predicted octanol–water partition coefficient (Wildman–Crippen LogP) is 0.175. The van der Waals surface area contributed by atoms with Crippen molar-refractivity contribution in [3.63, 3.8) is 0 Å². The highest BCUT2D eigenvalue weighted by atomic mass is 32.2. The molecule has 0 aromatic heterocycles. The Morgan fingerprint density at radius 1 is 1.36 bits per heavy atom. The number of nitrogens with zero attached hydrogens (tertiary/aromatic N) is 1. The van der Waals surface area contributed by atoms with E-state index in [0.29, 0.717) is 13.0 Å². The molecule has 2 rings (SSSR count). The number of hydrogen-bond acceptors (Lipinski definition) is 5. The SMILES string of the molecule is CCCS(=O)(=O)N[C@H]1CO[C@@H](CN2CCC(F)(F)CC2)[C@@H]1O. The Hall–Kier alpha value is -0.350. The van der Waals surface area contributed by atoms with Gasteiger partial charge < -0.3 is 14.7 Å². The van der Waals surface area contributed by atoms with Crippen molar-refractivity contribution in [3.8, 4) is 0 Å². The molecule has 9 heteroatoms. The van der Waals surface area contributed by atoms with Gasteiger partial charge in [-0.25, -0.2) is 21.9 Å². The summed E-state index contributed by atoms with van der Waals surface area (Å²) in [4.78, 5) is 1.83. The molecule has 2 N–H and O–H groups in total. The molecule has 0 radical (unpaired) electrons. The van der Waals surface area contributed by atoms with Crippen LogP contribution in [0.2, 0.25) is 0 Å². The summed E-state index contributed by atoms with van der Waals surface area (Å²) in [5.74, 6) is -2.61. The van der Waals surface area contributed by atoms with E-state index in [4.69, 9.17) is 4.74 Å². The largest absolute Gasteiger partial charge is 0.389 e. The number of hydrogen-bond donors (Lipinski definition) is 2. The van der Waals surface area contributed by atoms with Gasteiger partial charge in [-0.05, 0) is 6.42 Å². The predicted molar refractivity (Wildman–Crippen MR) is 77.4 cm³/mol. The average molecular weight is 342 g/mol. The van der Waals surface area contributed by atoms with Gasteiger partial charge >= 0.3 is 0 Å². The fraction of sp³-hybridized carbons (Fsp3) is 1.00. The second-order valence-electron chi connectivity index (χ2n) is 6.06. The van der Waals surface area contributed by atoms with Gasteiger partial charge in [-0.3, -0.25) is 0 Å². The van der Waals surface area contributed by atoms with Crippen LogP contribution in [0.1, 0.15) is 26.2 Å². The van der Waals surface area contributed by atoms with E-state index in [0.717, 1.165) is 0 Å². The Bertz CT molecular complexity index is 465. The van der Waals surface area contributed by atoms with Gasteiger partial charge in [-0.15, -0.1) is 0 Å². The number of sulfonamides is 1. The highest BCUT2D eigenvalue weighted by Gasteiger charge is 2.40. The van der Waals surface area contributed by atoms with Gasteiger partial charge in [0.1, 0.15) is 0 Å². The molecule has 6 nitrogen and oxygen atoms in total. The van der Waals surface area contributed by atoms with Gasteiger partial charge in [0, 0.05) is 32.5 Å². The summed E-state index contributed by atoms with van der Waals surface area (Å²) in [6.45, 7) is 2.70. The smallest absolute Gasteiger partial charge is 0.250 e. The van der Waals surface area contributed by atoms with E-state index in [9.17, 15) is 22.3 Å². The lowest BCUT2D eigenvalue weighted by Gasteiger charge is -2.33. The molecule has 0 unspecified atom stereocenters. The maximum Gasteiger partial charge on any atom is 0.250 e. The zero-order chi connectivity index (χ0) is 16.4. The van der Waals surface area contributed by atoms with E-state index in [-0.39, 0.29) is 38.3 Å². The van der Waals surface area contributed by atoms with Crippen molar-refractivity contribution in [2.45, 2.75) is 50.4 Å². The first-order valence-corrected chi connectivity index (χ1v) is 9.27. The summed E-state index contributed by atoms with van der Waals surface area (Å²) < 4.78 is 57.6. The van der Waals surface area contributed by atoms with Gasteiger partial charge in [0.15, 0.2) is 0 Å². The average Bonchev–Trinajstić information content (AvgIpc) is 2.73. The normalized spacial score (nSPS) is 33.2. The maximum atomic E-state index is 13.1. The molecule has 0 spiro atoms. The molecule has 3 atom stereocenters. The van der Waals surface area contributed by atoms with E-state index >= 15 is 0 Å². The summed E-state index contributed by atoms with van der Waals surface area (Å²) in [6, 6.07) is -0.673. The third-order valence-electron chi connectivity index (χ3n) is 4.11. The number of rotatable bonds is 6. The molecule has 0 saturated carbocycles. The van der Waals surface area contributed by atoms with Crippen LogP contribution in [0.4, 0.5) is 8.78 Å². The lowest BCUT2D eigenvalue weighted by Crippen LogP contribution is -2.49. The minimum atomic E-state index is -3.42. The molecular formula is C13H24F2N2O4S. The van der Waals surface area contributed by atoms with Gasteiger partial charge in [-0.2, -0.15) is 0 Å². The Kier molecular flexibility index (Phi) is 5.76. The summed E-state index contributed by atoms with van der Waals surface area (Å²) in [6.07, 6.45) is -1.41. The number of halogens is 2. The van der Waals surface area contributed by atoms with Crippen LogP contribution in [-0.2, 0) is 14.8 Å². The van der Waals surface area contributed by atoms with Crippen molar-refractivity contribution in [2.75, 3.05) is 32.0 Å². The molecule has 2 aliphatic rings. The molecule has 2 aliphatic heterocycles. The lowest BCUT2D eigenvalue weighted by molar-refractivity contribution is -0.0674. The number of aliphatic hydroxyl groups is 1. The molecule has 2 heterocycles. The first-order valence-electron chi connectivity index (χ1n) is 7.62. The van der Waals surface area contributed by atoms with Crippen molar-refractivity contribution < 1.29 is 27.0 Å². The molecular weight excluding hydrogens is 318 g/mol. The van der Waals surface area contributed by atoms with Crippen LogP contribution in [0, 0.1) is 0 Å². The van der Waals surface area contributed by atoms with Crippen molar-refractivity contribution in [2.24, 2.45) is 0 Å². The zero-order valence-electron chi connectivity index (χ0n) is 12.7. The van der Waals surface area contributed by atoms with Crippen LogP contribution in [0.5, 0.6) is 0 Å². The number of ether oxygens (including phenoxy) is 1. The second kappa shape index (κ2) is 7.04. The highest BCUT2D eigenvalue weighted by molar-refractivity contribution is 7.89. The van der Waals surface area contributed by atoms with Crippen LogP contribution in [0.15, 0.2) is 0 Å². The van der Waals surface area contributed by atoms with E-state index in [1.807, 2.05) is 4.90 Å². The molecule has 130 valence electrons. The van der Waals surface area contributed by atoms with Crippen LogP contribution in [0.3, 0.4) is 0 Å². The van der Waals surface area contributed by atoms with Crippen LogP contribution < -0.4 is 4.72 Å². The monoisotopic (exact) mass is 342 g/mol. The number of alkyl halides is 2. The second-order valence-corrected chi connectivity index (χ2v) is 7.94. The van der Waals surface area contributed by atoms with Crippen molar-refractivity contribution in [3.05, 3.63) is 0 Å². The number of likely N-dealkylation sites (tertiary alicyclic amines) is 1. The zero-order valence-corrected chi connectivity index (χ0v) is 13.5. The van der Waals surface area contributed by atoms with E-state index in [2.05, 4.69) is 4.72 Å². The molecule has 2 saturated heterocycles. The maximum absolute atomic E-state index is 13.1. The van der Waals surface area contributed by atoms with Crippen molar-refractivity contribution in [1.82, 2.24) is 9.62 Å². The molecule has 0 aliphatic carbocycles. The topological polar surface area (TPSA) is 78.9 Å². The molecule has 2 fully saturated rings. The van der Waals surface area contributed by atoms with Gasteiger partial charge in [-0.1, -0.05) is 6.92 Å². The van der Waals surface area contributed by atoms with Crippen molar-refractivity contribution in [1.29, 1.82) is 0 Å². The van der Waals surface area contributed by atoms with E-state index in [1.54, 1.807) is 6.92 Å². The third-order valence-corrected chi connectivity index (χ3v) is 5.72. The fourth-order valence-corrected chi connectivity index (χ4v) is 4.15. The molecule has 22 heavy (non-hydrogen) atoms. The molecule has 0 aromatic carbocycles. The minimum absolute atomic E-state index is 0.00208. The third kappa shape index (κ3) is 4.82. The Morgan fingerprint density at radius 3 is 2.59 bits per heavy atom. The van der Waals surface area contributed by atoms with Crippen molar-refractivity contribution >= 4 is 10.0 Å². The fourth-order valence-electron chi connectivity index (χ4n) is 2.82. The van der Waals surface area contributed by atoms with Crippen LogP contribution in [-0.4, -0.2) is 74.6 Å². The summed E-state index contributed by atoms with van der Waals surface area (Å²) >= 11 is 0. The lowest BCUT2D eigenvalue weighted by atomic mass is 10.0. The standard InChI is InChI=1S/C13H24F2N2O4S/c1-2-7-22(19,20)16-10-9-21-11(12(10)18)8-17-5-3-13(14,15)4-6-17/h10-12,16,18H,2-9H2,1H3/t10-,11-,12+/m0/s1. The molecule has 0 amide bonds.